The smallest absolute Gasteiger partial charge is 0.343 e. The van der Waals surface area contributed by atoms with E-state index in [9.17, 15) is 14.7 Å². The van der Waals surface area contributed by atoms with Crippen molar-refractivity contribution in [1.82, 2.24) is 4.98 Å². The summed E-state index contributed by atoms with van der Waals surface area (Å²) < 4.78 is 18.3. The first-order valence-corrected chi connectivity index (χ1v) is 13.0. The molecule has 4 aliphatic rings. The van der Waals surface area contributed by atoms with E-state index in [0.717, 1.165) is 12.0 Å². The number of hydrogen-bond donors (Lipinski definition) is 1. The zero-order chi connectivity index (χ0) is 26.2. The van der Waals surface area contributed by atoms with Crippen LogP contribution in [0.15, 0.2) is 63.6 Å². The molecule has 194 valence electrons. The number of carbonyl (C=O) groups excluding carboxylic acids is 1. The number of hydrogen-bond acceptors (Lipinski definition) is 7. The third-order valence-electron chi connectivity index (χ3n) is 10.1. The molecule has 37 heavy (non-hydrogen) atoms. The number of pyridine rings is 1. The summed E-state index contributed by atoms with van der Waals surface area (Å²) in [5.74, 6) is 0.675. The van der Waals surface area contributed by atoms with Crippen LogP contribution < -0.4 is 10.4 Å². The first-order valence-electron chi connectivity index (χ1n) is 13.0. The molecule has 5 unspecified atom stereocenters. The number of cyclic esters (lactones) is 1. The molecular weight excluding hydrogens is 470 g/mol. The van der Waals surface area contributed by atoms with Gasteiger partial charge in [0, 0.05) is 47.7 Å². The maximum absolute atomic E-state index is 13.2. The molecule has 7 heteroatoms. The van der Waals surface area contributed by atoms with Gasteiger partial charge in [0.25, 0.3) is 0 Å². The number of allylic oxidation sites excluding steroid dienone is 1. The molecule has 0 aromatic carbocycles. The second kappa shape index (κ2) is 7.90. The fraction of sp³-hybridized carbons (Fsp3) is 0.500. The topological polar surface area (TPSA) is 98.9 Å². The van der Waals surface area contributed by atoms with Crippen LogP contribution >= 0.6 is 0 Å². The van der Waals surface area contributed by atoms with Crippen LogP contribution in [0, 0.1) is 16.7 Å². The van der Waals surface area contributed by atoms with E-state index >= 15 is 0 Å². The number of rotatable bonds is 2. The Labute approximate surface area is 216 Å². The lowest BCUT2D eigenvalue weighted by atomic mass is 9.40. The molecule has 0 bridgehead atoms. The maximum atomic E-state index is 13.2. The lowest BCUT2D eigenvalue weighted by Crippen LogP contribution is -2.70. The van der Waals surface area contributed by atoms with Gasteiger partial charge in [-0.1, -0.05) is 19.6 Å². The van der Waals surface area contributed by atoms with E-state index in [1.54, 1.807) is 24.5 Å². The predicted octanol–water partition coefficient (Wildman–Crippen LogP) is 4.77. The van der Waals surface area contributed by atoms with Crippen molar-refractivity contribution < 1.29 is 23.8 Å². The molecule has 2 aliphatic carbocycles. The van der Waals surface area contributed by atoms with Gasteiger partial charge in [-0.2, -0.15) is 0 Å². The Kier molecular flexibility index (Phi) is 5.16. The van der Waals surface area contributed by atoms with Gasteiger partial charge in [0.15, 0.2) is 0 Å². The molecule has 6 rings (SSSR count). The van der Waals surface area contributed by atoms with Crippen LogP contribution in [-0.2, 0) is 16.0 Å². The van der Waals surface area contributed by atoms with E-state index in [-0.39, 0.29) is 24.9 Å². The Balaban J connectivity index is 1.47. The van der Waals surface area contributed by atoms with Gasteiger partial charge in [0.1, 0.15) is 23.7 Å². The number of ether oxygens (including phenoxy) is 2. The fourth-order valence-electron chi connectivity index (χ4n) is 7.97. The zero-order valence-electron chi connectivity index (χ0n) is 21.6. The summed E-state index contributed by atoms with van der Waals surface area (Å²) in [4.78, 5) is 29.5. The van der Waals surface area contributed by atoms with Crippen molar-refractivity contribution in [3.63, 3.8) is 0 Å². The van der Waals surface area contributed by atoms with E-state index in [4.69, 9.17) is 13.9 Å². The van der Waals surface area contributed by atoms with Crippen molar-refractivity contribution >= 4 is 5.97 Å². The molecule has 0 amide bonds. The summed E-state index contributed by atoms with van der Waals surface area (Å²) in [6.07, 6.45) is 8.59. The first kappa shape index (κ1) is 24.2. The van der Waals surface area contributed by atoms with Gasteiger partial charge < -0.3 is 19.0 Å². The first-order chi connectivity index (χ1) is 17.6. The van der Waals surface area contributed by atoms with Crippen molar-refractivity contribution in [2.24, 2.45) is 16.7 Å². The molecule has 2 fully saturated rings. The third kappa shape index (κ3) is 3.06. The summed E-state index contributed by atoms with van der Waals surface area (Å²) in [6.45, 7) is 10.5. The highest BCUT2D eigenvalue weighted by atomic mass is 16.5. The second-order valence-electron chi connectivity index (χ2n) is 11.6. The predicted molar refractivity (Wildman–Crippen MR) is 137 cm³/mol. The summed E-state index contributed by atoms with van der Waals surface area (Å²) in [5, 5.41) is 12.1. The minimum absolute atomic E-state index is 0.0496. The average molecular weight is 504 g/mol. The van der Waals surface area contributed by atoms with E-state index in [1.165, 1.54) is 0 Å². The Bertz CT molecular complexity index is 1380. The molecule has 0 radical (unpaired) electrons. The SMILES string of the molecule is C=C(C)C1(O)CCC2(C)C(CC=C(C)C23Cc2c(cc(-c4cccnc4)oc2=O)O3)C12CCC(=O)OC2. The van der Waals surface area contributed by atoms with Gasteiger partial charge in [0.2, 0.25) is 0 Å². The lowest BCUT2D eigenvalue weighted by Gasteiger charge is -2.66. The molecule has 1 saturated heterocycles. The van der Waals surface area contributed by atoms with Crippen molar-refractivity contribution in [3.8, 4) is 17.1 Å². The number of carbonyl (C=O) groups is 1. The molecule has 7 nitrogen and oxygen atoms in total. The van der Waals surface area contributed by atoms with Crippen LogP contribution in [0.2, 0.25) is 0 Å². The van der Waals surface area contributed by atoms with Gasteiger partial charge in [0.05, 0.1) is 11.2 Å². The summed E-state index contributed by atoms with van der Waals surface area (Å²) in [6, 6.07) is 5.44. The number of nitrogens with zero attached hydrogens (tertiary/aromatic N) is 1. The van der Waals surface area contributed by atoms with E-state index in [0.29, 0.717) is 53.9 Å². The maximum Gasteiger partial charge on any atom is 0.343 e. The number of aromatic nitrogens is 1. The molecule has 1 saturated carbocycles. The fourth-order valence-corrected chi connectivity index (χ4v) is 7.97. The summed E-state index contributed by atoms with van der Waals surface area (Å²) in [7, 11) is 0. The highest BCUT2D eigenvalue weighted by Gasteiger charge is 2.71. The molecule has 2 aromatic heterocycles. The Hall–Kier alpha value is -3.19. The van der Waals surface area contributed by atoms with E-state index in [1.807, 2.05) is 13.0 Å². The number of esters is 1. The molecule has 1 N–H and O–H groups in total. The van der Waals surface area contributed by atoms with Crippen LogP contribution in [0.25, 0.3) is 11.3 Å². The van der Waals surface area contributed by atoms with Crippen LogP contribution in [0.3, 0.4) is 0 Å². The van der Waals surface area contributed by atoms with Gasteiger partial charge in [-0.05, 0) is 68.7 Å². The van der Waals surface area contributed by atoms with E-state index in [2.05, 4.69) is 31.5 Å². The lowest BCUT2D eigenvalue weighted by molar-refractivity contribution is -0.237. The van der Waals surface area contributed by atoms with Crippen LogP contribution in [-0.4, -0.2) is 33.9 Å². The molecule has 2 spiro atoms. The van der Waals surface area contributed by atoms with Crippen molar-refractivity contribution in [1.29, 1.82) is 0 Å². The minimum Gasteiger partial charge on any atom is -0.481 e. The number of aliphatic hydroxyl groups is 1. The minimum atomic E-state index is -1.16. The standard InChI is InChI=1S/C30H33NO6/c1-18(2)29(34)12-11-27(4)24(28(29)10-9-25(32)35-17-28)8-7-19(3)30(27)15-21-23(37-30)14-22(36-26(21)33)20-6-5-13-31-16-20/h5-7,13-14,16,24,34H,1,8-12,15,17H2,2-4H3. The van der Waals surface area contributed by atoms with Gasteiger partial charge in [-0.15, -0.1) is 0 Å². The highest BCUT2D eigenvalue weighted by molar-refractivity contribution is 5.70. The largest absolute Gasteiger partial charge is 0.481 e. The zero-order valence-corrected chi connectivity index (χ0v) is 21.6. The average Bonchev–Trinajstić information content (AvgIpc) is 3.29. The summed E-state index contributed by atoms with van der Waals surface area (Å²) >= 11 is 0. The Morgan fingerprint density at radius 2 is 2.05 bits per heavy atom. The third-order valence-corrected chi connectivity index (χ3v) is 10.1. The Morgan fingerprint density at radius 1 is 1.24 bits per heavy atom. The molecule has 4 heterocycles. The van der Waals surface area contributed by atoms with Crippen LogP contribution in [0.4, 0.5) is 0 Å². The Morgan fingerprint density at radius 3 is 2.73 bits per heavy atom. The van der Waals surface area contributed by atoms with Gasteiger partial charge in [-0.3, -0.25) is 9.78 Å². The van der Waals surface area contributed by atoms with Crippen LogP contribution in [0.5, 0.6) is 5.75 Å². The van der Waals surface area contributed by atoms with Gasteiger partial charge >= 0.3 is 11.6 Å². The van der Waals surface area contributed by atoms with Crippen molar-refractivity contribution in [3.05, 3.63) is 70.4 Å². The van der Waals surface area contributed by atoms with E-state index < -0.39 is 27.7 Å². The second-order valence-corrected chi connectivity index (χ2v) is 11.6. The van der Waals surface area contributed by atoms with Gasteiger partial charge in [-0.25, -0.2) is 4.79 Å². The van der Waals surface area contributed by atoms with Crippen molar-refractivity contribution in [2.45, 2.75) is 70.5 Å². The molecule has 2 aromatic rings. The monoisotopic (exact) mass is 503 g/mol. The quantitative estimate of drug-likeness (QED) is 0.465. The highest BCUT2D eigenvalue weighted by Crippen LogP contribution is 2.69. The molecule has 5 atom stereocenters. The number of fused-ring (bicyclic) bond motifs is 4. The molecular formula is C30H33NO6. The van der Waals surface area contributed by atoms with Crippen molar-refractivity contribution in [2.75, 3.05) is 6.61 Å². The summed E-state index contributed by atoms with van der Waals surface area (Å²) in [5.41, 5.74) is -0.432. The van der Waals surface area contributed by atoms with Crippen LogP contribution in [0.1, 0.15) is 58.4 Å². The normalized spacial score (nSPS) is 36.4. The molecule has 2 aliphatic heterocycles.